The number of phenolic OH excluding ortho intramolecular Hbond substituents is 1. The zero-order valence-electron chi connectivity index (χ0n) is 52.3. The molecule has 2 aliphatic rings. The Bertz CT molecular complexity index is 3170. The number of carboxylic acids is 1. The number of carbonyl (C=O) groups excluding carboxylic acids is 14. The van der Waals surface area contributed by atoms with Gasteiger partial charge in [0.05, 0.1) is 31.9 Å². The molecule has 0 radical (unpaired) electrons. The highest BCUT2D eigenvalue weighted by atomic mass is 33.1. The van der Waals surface area contributed by atoms with Crippen molar-refractivity contribution in [1.82, 2.24) is 73.4 Å². The lowest BCUT2D eigenvalue weighted by atomic mass is 10.0. The Balaban J connectivity index is 1.77. The van der Waals surface area contributed by atoms with Crippen molar-refractivity contribution in [2.45, 2.75) is 137 Å². The molecule has 2 aliphatic heterocycles. The van der Waals surface area contributed by atoms with Gasteiger partial charge in [0.2, 0.25) is 82.7 Å². The van der Waals surface area contributed by atoms with Crippen LogP contribution in [0.2, 0.25) is 0 Å². The average Bonchev–Trinajstić information content (AvgIpc) is 1.77. The van der Waals surface area contributed by atoms with Crippen molar-refractivity contribution in [2.75, 3.05) is 49.3 Å². The first kappa shape index (κ1) is 80.3. The molecule has 25 N–H and O–H groups in total. The smallest absolute Gasteiger partial charge is 0.303 e. The van der Waals surface area contributed by atoms with Crippen molar-refractivity contribution >= 4 is 141 Å². The molecule has 2 saturated heterocycles. The van der Waals surface area contributed by atoms with Gasteiger partial charge in [-0.1, -0.05) is 33.7 Å². The lowest BCUT2D eigenvalue weighted by molar-refractivity contribution is -0.143. The van der Waals surface area contributed by atoms with Crippen LogP contribution < -0.4 is 87.2 Å². The van der Waals surface area contributed by atoms with Crippen LogP contribution >= 0.6 is 46.8 Å². The second kappa shape index (κ2) is 40.4. The number of nitrogens with zero attached hydrogens (tertiary/aromatic N) is 3. The highest BCUT2D eigenvalue weighted by Crippen LogP contribution is 2.24. The number of carbonyl (C=O) groups is 15. The maximum atomic E-state index is 14.5. The number of benzene rings is 1. The zero-order valence-corrected chi connectivity index (χ0v) is 55.7. The third-order valence-electron chi connectivity index (χ3n) is 14.5. The molecule has 97 heavy (non-hydrogen) atoms. The van der Waals surface area contributed by atoms with Crippen LogP contribution in [0, 0.1) is 0 Å². The molecular formula is C55H82N20O18S4. The number of carboxylic acid groups (broad SMARTS) is 1. The molecule has 38 nitrogen and oxygen atoms in total. The second-order valence-corrected chi connectivity index (χ2v) is 25.4. The van der Waals surface area contributed by atoms with Crippen LogP contribution in [0.5, 0.6) is 5.75 Å². The minimum atomic E-state index is -1.88. The SMILES string of the molecule is C[C@@H]1NC(=O)[C@@H]2CCCN2C(=O)[C@H](CC(N)=O)NC(=O)C(NC(=O)[C@H](CS)NC(=O)[C@@H](N)CCC(=O)O)CSSC[C@@H](C(N)=O)NC(=O)[C@H](CO)NC(=O)[C@H](Cc2ccc(O)cc2)NC(=O)[C@H](Cc2cnc[nH]2)NC(=O)C(CCCN=C(N)N)NC(=O)CNC(=O)C(CS)NC1=O. The van der Waals surface area contributed by atoms with Crippen LogP contribution in [0.4, 0.5) is 0 Å². The van der Waals surface area contributed by atoms with Crippen LogP contribution in [-0.2, 0) is 84.8 Å². The number of fused-ring (bicyclic) bond motifs is 1. The number of amides is 14. The number of aromatic nitrogens is 2. The van der Waals surface area contributed by atoms with Crippen molar-refractivity contribution in [1.29, 1.82) is 0 Å². The molecule has 0 aliphatic carbocycles. The minimum Gasteiger partial charge on any atom is -0.508 e. The van der Waals surface area contributed by atoms with Crippen LogP contribution in [0.25, 0.3) is 0 Å². The number of rotatable bonds is 21. The molecule has 14 amide bonds. The molecule has 42 heteroatoms. The number of thiol groups is 2. The fraction of sp³-hybridized carbons (Fsp3) is 0.545. The summed E-state index contributed by atoms with van der Waals surface area (Å²) in [6, 6.07) is -13.6. The summed E-state index contributed by atoms with van der Waals surface area (Å²) in [6.45, 7) is -0.862. The molecule has 1 aromatic carbocycles. The molecule has 1 aromatic heterocycles. The van der Waals surface area contributed by atoms with E-state index in [1.807, 2.05) is 0 Å². The molecule has 3 heterocycles. The lowest BCUT2D eigenvalue weighted by Gasteiger charge is -2.30. The fourth-order valence-electron chi connectivity index (χ4n) is 9.30. The lowest BCUT2D eigenvalue weighted by Crippen LogP contribution is -2.60. The molecule has 4 rings (SSSR count). The zero-order chi connectivity index (χ0) is 72.1. The number of aliphatic hydroxyl groups excluding tert-OH is 1. The summed E-state index contributed by atoms with van der Waals surface area (Å²) < 4.78 is 0. The first-order valence-corrected chi connectivity index (χ1v) is 33.7. The van der Waals surface area contributed by atoms with Gasteiger partial charge >= 0.3 is 5.97 Å². The number of nitrogens with two attached hydrogens (primary N) is 5. The van der Waals surface area contributed by atoms with Gasteiger partial charge in [-0.3, -0.25) is 76.9 Å². The quantitative estimate of drug-likeness (QED) is 0.0181. The number of hydrogen-bond donors (Lipinski definition) is 22. The topological polar surface area (TPSA) is 623 Å². The van der Waals surface area contributed by atoms with Gasteiger partial charge in [-0.2, -0.15) is 25.3 Å². The van der Waals surface area contributed by atoms with Gasteiger partial charge in [-0.05, 0) is 56.7 Å². The summed E-state index contributed by atoms with van der Waals surface area (Å²) in [5.41, 5.74) is 28.7. The average molecular weight is 1440 g/mol. The molecule has 0 saturated carbocycles. The minimum absolute atomic E-state index is 0.000698. The third kappa shape index (κ3) is 27.1. The Kier molecular flexibility index (Phi) is 33.5. The predicted molar refractivity (Wildman–Crippen MR) is 354 cm³/mol. The Morgan fingerprint density at radius 3 is 1.96 bits per heavy atom. The van der Waals surface area contributed by atoms with E-state index in [9.17, 15) is 82.1 Å². The molecule has 2 fully saturated rings. The number of imidazole rings is 1. The van der Waals surface area contributed by atoms with Crippen molar-refractivity contribution < 1.29 is 87.2 Å². The Morgan fingerprint density at radius 2 is 1.36 bits per heavy atom. The standard InChI is InChI=1S/C55H82N20O18S4/c1-25-44(83)71-35(20-94)46(85)63-18-41(79)66-30(4-2-12-62-55(59)60)47(86)68-32(15-27-17-61-24-64-27)49(88)67-31(14-26-6-8-28(77)9-7-26)48(87)70-34(19-76)50(89)73-37(43(58)82)22-96-97-23-38(74-51(90)36(21-95)72-45(84)29(56)10-11-42(80)81)52(91)69-33(16-40(57)78)54(93)75-13-3-5-39(75)53(92)65-25/h6-9,17,24-25,29-39,76-77,94-95H,2-5,10-16,18-23,56H2,1H3,(H2,57,78)(H2,58,82)(H,61,64)(H,63,85)(H,65,92)(H,66,79)(H,67,88)(H,68,86)(H,69,91)(H,70,87)(H,71,83)(H,72,84)(H,73,89)(H,74,90)(H,80,81)(H4,59,60,62)/t25-,29-,30?,31-,32-,33-,34-,35?,36-,37-,38?,39-/m0/s1. The number of guanidine groups is 1. The molecule has 0 bridgehead atoms. The maximum Gasteiger partial charge on any atom is 0.303 e. The number of H-pyrrole nitrogens is 1. The van der Waals surface area contributed by atoms with Crippen LogP contribution in [0.1, 0.15) is 63.1 Å². The van der Waals surface area contributed by atoms with Gasteiger partial charge < -0.3 is 112 Å². The fourth-order valence-corrected chi connectivity index (χ4v) is 12.2. The molecular weight excluding hydrogens is 1360 g/mol. The summed E-state index contributed by atoms with van der Waals surface area (Å²) in [4.78, 5) is 216. The number of aromatic hydroxyl groups is 1. The first-order chi connectivity index (χ1) is 45.9. The third-order valence-corrected chi connectivity index (χ3v) is 17.7. The number of hydrogen-bond acceptors (Lipinski definition) is 24. The van der Waals surface area contributed by atoms with Gasteiger partial charge in [0.1, 0.15) is 72.2 Å². The van der Waals surface area contributed by atoms with Gasteiger partial charge in [-0.25, -0.2) is 4.98 Å². The number of aliphatic carboxylic acids is 1. The highest BCUT2D eigenvalue weighted by molar-refractivity contribution is 8.76. The summed E-state index contributed by atoms with van der Waals surface area (Å²) in [7, 11) is 1.53. The van der Waals surface area contributed by atoms with Gasteiger partial charge in [0, 0.05) is 67.3 Å². The van der Waals surface area contributed by atoms with Gasteiger partial charge in [-0.15, -0.1) is 0 Å². The van der Waals surface area contributed by atoms with Crippen LogP contribution in [0.3, 0.4) is 0 Å². The maximum absolute atomic E-state index is 14.5. The second-order valence-electron chi connectivity index (χ2n) is 22.1. The van der Waals surface area contributed by atoms with E-state index in [0.717, 1.165) is 26.5 Å². The largest absolute Gasteiger partial charge is 0.508 e. The van der Waals surface area contributed by atoms with E-state index < -0.39 is 204 Å². The van der Waals surface area contributed by atoms with E-state index >= 15 is 0 Å². The van der Waals surface area contributed by atoms with Gasteiger partial charge in [0.15, 0.2) is 5.96 Å². The van der Waals surface area contributed by atoms with Crippen molar-refractivity contribution in [2.24, 2.45) is 33.7 Å². The summed E-state index contributed by atoms with van der Waals surface area (Å²) in [5, 5.41) is 56.2. The van der Waals surface area contributed by atoms with E-state index in [0.29, 0.717) is 5.56 Å². The predicted octanol–water partition coefficient (Wildman–Crippen LogP) is -9.27. The monoisotopic (exact) mass is 1440 g/mol. The molecule has 0 spiro atoms. The summed E-state index contributed by atoms with van der Waals surface area (Å²) in [5.74, 6) is -18.0. The van der Waals surface area contributed by atoms with Gasteiger partial charge in [0.25, 0.3) is 0 Å². The number of nitrogens with one attached hydrogen (secondary N) is 12. The Morgan fingerprint density at radius 1 is 0.742 bits per heavy atom. The number of primary amides is 2. The molecule has 2 aromatic rings. The van der Waals surface area contributed by atoms with E-state index in [1.165, 1.54) is 43.7 Å². The Labute approximate surface area is 573 Å². The number of aliphatic imine (C=N–C) groups is 1. The molecule has 534 valence electrons. The van der Waals surface area contributed by atoms with Crippen molar-refractivity contribution in [3.8, 4) is 5.75 Å². The van der Waals surface area contributed by atoms with Crippen LogP contribution in [0.15, 0.2) is 41.8 Å². The van der Waals surface area contributed by atoms with E-state index in [2.05, 4.69) is 98.7 Å². The van der Waals surface area contributed by atoms with E-state index in [-0.39, 0.29) is 81.2 Å². The highest BCUT2D eigenvalue weighted by Gasteiger charge is 2.41. The van der Waals surface area contributed by atoms with Crippen molar-refractivity contribution in [3.63, 3.8) is 0 Å². The van der Waals surface area contributed by atoms with E-state index in [4.69, 9.17) is 33.8 Å². The normalized spacial score (nSPS) is 24.3. The number of phenols is 1. The summed E-state index contributed by atoms with van der Waals surface area (Å²) >= 11 is 8.32. The van der Waals surface area contributed by atoms with Crippen molar-refractivity contribution in [3.05, 3.63) is 48.0 Å². The Hall–Kier alpha value is -9.13. The first-order valence-electron chi connectivity index (χ1n) is 30.0. The number of aliphatic hydroxyl groups is 1. The summed E-state index contributed by atoms with van der Waals surface area (Å²) in [6.07, 6.45) is 0.260. The molecule has 12 atom stereocenters. The van der Waals surface area contributed by atoms with Crippen LogP contribution in [-0.4, -0.2) is 247 Å². The molecule has 3 unspecified atom stereocenters. The number of aromatic amines is 1. The van der Waals surface area contributed by atoms with E-state index in [1.54, 1.807) is 0 Å².